The molecule has 1 aliphatic heterocycles. The van der Waals surface area contributed by atoms with Gasteiger partial charge in [-0.25, -0.2) is 0 Å². The maximum atomic E-state index is 3.33. The molecule has 1 spiro atoms. The summed E-state index contributed by atoms with van der Waals surface area (Å²) in [5.74, 6) is 2.18. The largest absolute Gasteiger partial charge is 0.319 e. The lowest BCUT2D eigenvalue weighted by Gasteiger charge is -2.26. The van der Waals surface area contributed by atoms with Crippen molar-refractivity contribution in [3.63, 3.8) is 0 Å². The summed E-state index contributed by atoms with van der Waals surface area (Å²) in [6.45, 7) is 1.18. The van der Waals surface area contributed by atoms with E-state index in [4.69, 9.17) is 0 Å². The second-order valence-electron chi connectivity index (χ2n) is 4.71. The summed E-state index contributed by atoms with van der Waals surface area (Å²) in [7, 11) is 2.06. The van der Waals surface area contributed by atoms with E-state index in [1.807, 2.05) is 11.8 Å². The Morgan fingerprint density at radius 1 is 1.47 bits per heavy atom. The Morgan fingerprint density at radius 3 is 3.20 bits per heavy atom. The van der Waals surface area contributed by atoms with Gasteiger partial charge < -0.3 is 5.32 Å². The summed E-state index contributed by atoms with van der Waals surface area (Å²) < 4.78 is 0. The van der Waals surface area contributed by atoms with Gasteiger partial charge in [0.1, 0.15) is 0 Å². The number of hydrogen-bond acceptors (Lipinski definition) is 2. The maximum Gasteiger partial charge on any atom is 0.0110 e. The average Bonchev–Trinajstić information content (AvgIpc) is 2.94. The highest BCUT2D eigenvalue weighted by molar-refractivity contribution is 7.99. The molecule has 3 rings (SSSR count). The van der Waals surface area contributed by atoms with Crippen molar-refractivity contribution in [3.8, 4) is 0 Å². The van der Waals surface area contributed by atoms with Gasteiger partial charge >= 0.3 is 0 Å². The van der Waals surface area contributed by atoms with Crippen LogP contribution in [0.2, 0.25) is 0 Å². The molecule has 1 saturated carbocycles. The lowest BCUT2D eigenvalue weighted by Crippen LogP contribution is -2.21. The molecule has 0 aromatic heterocycles. The maximum absolute atomic E-state index is 3.33. The lowest BCUT2D eigenvalue weighted by molar-refractivity contribution is 0.550. The van der Waals surface area contributed by atoms with E-state index < -0.39 is 0 Å². The van der Waals surface area contributed by atoms with Crippen molar-refractivity contribution in [3.05, 3.63) is 29.8 Å². The molecule has 0 radical (unpaired) electrons. The van der Waals surface area contributed by atoms with Crippen LogP contribution in [0.15, 0.2) is 29.2 Å². The van der Waals surface area contributed by atoms with Gasteiger partial charge in [-0.15, -0.1) is 11.8 Å². The minimum absolute atomic E-state index is 0.546. The second-order valence-corrected chi connectivity index (χ2v) is 5.85. The van der Waals surface area contributed by atoms with E-state index in [1.165, 1.54) is 30.0 Å². The molecule has 0 saturated heterocycles. The van der Waals surface area contributed by atoms with Crippen LogP contribution < -0.4 is 5.32 Å². The van der Waals surface area contributed by atoms with E-state index in [1.54, 1.807) is 5.56 Å². The lowest BCUT2D eigenvalue weighted by atomic mass is 9.90. The van der Waals surface area contributed by atoms with E-state index in [0.29, 0.717) is 5.41 Å². The molecule has 1 aliphatic carbocycles. The van der Waals surface area contributed by atoms with Crippen LogP contribution in [0.3, 0.4) is 0 Å². The predicted octanol–water partition coefficient (Wildman–Crippen LogP) is 2.66. The monoisotopic (exact) mass is 219 g/mol. The average molecular weight is 219 g/mol. The topological polar surface area (TPSA) is 12.0 Å². The van der Waals surface area contributed by atoms with Crippen molar-refractivity contribution >= 4 is 11.8 Å². The minimum Gasteiger partial charge on any atom is -0.319 e. The first-order chi connectivity index (χ1) is 7.37. The van der Waals surface area contributed by atoms with E-state index in [9.17, 15) is 0 Å². The van der Waals surface area contributed by atoms with Crippen LogP contribution in [-0.4, -0.2) is 19.3 Å². The molecule has 1 aromatic rings. The van der Waals surface area contributed by atoms with Crippen LogP contribution in [0.25, 0.3) is 0 Å². The number of hydrogen-bond donors (Lipinski definition) is 1. The van der Waals surface area contributed by atoms with E-state index in [-0.39, 0.29) is 0 Å². The van der Waals surface area contributed by atoms with Gasteiger partial charge in [0.25, 0.3) is 0 Å². The molecule has 2 aliphatic rings. The predicted molar refractivity (Wildman–Crippen MR) is 65.5 cm³/mol. The molecule has 1 nitrogen and oxygen atoms in total. The van der Waals surface area contributed by atoms with E-state index in [0.717, 1.165) is 5.92 Å². The Hall–Kier alpha value is -0.470. The highest BCUT2D eigenvalue weighted by atomic mass is 32.2. The first kappa shape index (κ1) is 9.73. The van der Waals surface area contributed by atoms with Crippen molar-refractivity contribution < 1.29 is 0 Å². The highest BCUT2D eigenvalue weighted by Crippen LogP contribution is 2.61. The summed E-state index contributed by atoms with van der Waals surface area (Å²) in [6.07, 6.45) is 2.77. The molecule has 2 heteroatoms. The third kappa shape index (κ3) is 1.42. The number of rotatable bonds is 2. The van der Waals surface area contributed by atoms with Crippen molar-refractivity contribution in [2.45, 2.75) is 23.2 Å². The summed E-state index contributed by atoms with van der Waals surface area (Å²) in [5.41, 5.74) is 2.17. The van der Waals surface area contributed by atoms with Gasteiger partial charge in [0.05, 0.1) is 0 Å². The minimum atomic E-state index is 0.546. The van der Waals surface area contributed by atoms with Gasteiger partial charge in [0, 0.05) is 10.3 Å². The zero-order chi connectivity index (χ0) is 10.3. The Labute approximate surface area is 95.6 Å². The van der Waals surface area contributed by atoms with Crippen LogP contribution in [-0.2, 0) is 5.41 Å². The Bertz CT molecular complexity index is 377. The normalized spacial score (nSPS) is 32.7. The zero-order valence-electron chi connectivity index (χ0n) is 9.12. The number of nitrogens with one attached hydrogen (secondary N) is 1. The quantitative estimate of drug-likeness (QED) is 0.820. The second kappa shape index (κ2) is 3.53. The summed E-state index contributed by atoms with van der Waals surface area (Å²) in [5, 5.41) is 3.33. The molecule has 2 atom stereocenters. The number of fused-ring (bicyclic) bond motifs is 2. The Balaban J connectivity index is 1.94. The number of thioether (sulfide) groups is 1. The summed E-state index contributed by atoms with van der Waals surface area (Å²) in [4.78, 5) is 1.53. The van der Waals surface area contributed by atoms with E-state index in [2.05, 4.69) is 36.6 Å². The fourth-order valence-electron chi connectivity index (χ4n) is 3.01. The summed E-state index contributed by atoms with van der Waals surface area (Å²) >= 11 is 2.03. The van der Waals surface area contributed by atoms with Gasteiger partial charge in [-0.05, 0) is 49.7 Å². The first-order valence-electron chi connectivity index (χ1n) is 5.74. The first-order valence-corrected chi connectivity index (χ1v) is 6.72. The SMILES string of the molecule is CNCC1CC12CCSc1ccccc12. The Morgan fingerprint density at radius 2 is 2.33 bits per heavy atom. The molecular formula is C13H17NS. The van der Waals surface area contributed by atoms with Crippen LogP contribution in [0.4, 0.5) is 0 Å². The molecule has 0 amide bonds. The smallest absolute Gasteiger partial charge is 0.0110 e. The Kier molecular flexibility index (Phi) is 2.29. The fourth-order valence-corrected chi connectivity index (χ4v) is 4.30. The van der Waals surface area contributed by atoms with Crippen molar-refractivity contribution in [2.75, 3.05) is 19.3 Å². The molecule has 1 heterocycles. The zero-order valence-corrected chi connectivity index (χ0v) is 9.94. The molecule has 1 aromatic carbocycles. The molecule has 2 unspecified atom stereocenters. The molecule has 0 bridgehead atoms. The molecule has 15 heavy (non-hydrogen) atoms. The molecule has 1 fully saturated rings. The van der Waals surface area contributed by atoms with E-state index >= 15 is 0 Å². The summed E-state index contributed by atoms with van der Waals surface area (Å²) in [6, 6.07) is 8.99. The van der Waals surface area contributed by atoms with Crippen LogP contribution in [0, 0.1) is 5.92 Å². The third-order valence-corrected chi connectivity index (χ3v) is 4.99. The van der Waals surface area contributed by atoms with Gasteiger partial charge in [0.15, 0.2) is 0 Å². The van der Waals surface area contributed by atoms with Gasteiger partial charge in [0.2, 0.25) is 0 Å². The van der Waals surface area contributed by atoms with Crippen molar-refractivity contribution in [2.24, 2.45) is 5.92 Å². The van der Waals surface area contributed by atoms with Gasteiger partial charge in [-0.3, -0.25) is 0 Å². The fraction of sp³-hybridized carbons (Fsp3) is 0.538. The molecule has 1 N–H and O–H groups in total. The van der Waals surface area contributed by atoms with Crippen molar-refractivity contribution in [1.29, 1.82) is 0 Å². The number of benzene rings is 1. The van der Waals surface area contributed by atoms with Crippen molar-refractivity contribution in [1.82, 2.24) is 5.32 Å². The third-order valence-electron chi connectivity index (χ3n) is 3.91. The highest BCUT2D eigenvalue weighted by Gasteiger charge is 2.55. The molecule has 80 valence electrons. The van der Waals surface area contributed by atoms with Crippen LogP contribution in [0.1, 0.15) is 18.4 Å². The van der Waals surface area contributed by atoms with Gasteiger partial charge in [-0.2, -0.15) is 0 Å². The van der Waals surface area contributed by atoms with Crippen LogP contribution in [0.5, 0.6) is 0 Å². The molecular weight excluding hydrogens is 202 g/mol. The van der Waals surface area contributed by atoms with Gasteiger partial charge in [-0.1, -0.05) is 18.2 Å². The van der Waals surface area contributed by atoms with Crippen LogP contribution >= 0.6 is 11.8 Å². The standard InChI is InChI=1S/C13H17NS/c1-14-9-10-8-13(10)6-7-15-12-5-3-2-4-11(12)13/h2-5,10,14H,6-9H2,1H3.